The Bertz CT molecular complexity index is 2750. The van der Waals surface area contributed by atoms with Crippen molar-refractivity contribution in [1.29, 1.82) is 5.26 Å². The predicted octanol–water partition coefficient (Wildman–Crippen LogP) is 5.02. The Morgan fingerprint density at radius 2 is 1.72 bits per heavy atom. The maximum absolute atomic E-state index is 15.6. The number of imide groups is 1. The van der Waals surface area contributed by atoms with Crippen molar-refractivity contribution in [3.05, 3.63) is 66.6 Å². The Balaban J connectivity index is 0.777. The van der Waals surface area contributed by atoms with E-state index in [0.717, 1.165) is 55.7 Å². The molecule has 2 bridgehead atoms. The maximum Gasteiger partial charge on any atom is 0.410 e. The highest BCUT2D eigenvalue weighted by atomic mass is 19.1. The van der Waals surface area contributed by atoms with E-state index in [1.54, 1.807) is 27.9 Å². The molecule has 0 radical (unpaired) electrons. The van der Waals surface area contributed by atoms with Gasteiger partial charge in [0, 0.05) is 87.4 Å². The summed E-state index contributed by atoms with van der Waals surface area (Å²) < 4.78 is 36.8. The first-order chi connectivity index (χ1) is 32.8. The molecule has 68 heavy (non-hydrogen) atoms. The van der Waals surface area contributed by atoms with Crippen molar-refractivity contribution in [2.24, 2.45) is 0 Å². The van der Waals surface area contributed by atoms with Gasteiger partial charge in [0.2, 0.25) is 11.8 Å². The van der Waals surface area contributed by atoms with Gasteiger partial charge in [0.25, 0.3) is 0 Å². The first-order valence-corrected chi connectivity index (χ1v) is 23.4. The summed E-state index contributed by atoms with van der Waals surface area (Å²) >= 11 is 0. The third kappa shape index (κ3) is 9.11. The van der Waals surface area contributed by atoms with E-state index in [2.05, 4.69) is 31.6 Å². The summed E-state index contributed by atoms with van der Waals surface area (Å²) in [5, 5.41) is 24.8. The van der Waals surface area contributed by atoms with E-state index in [1.807, 2.05) is 61.1 Å². The van der Waals surface area contributed by atoms with Crippen LogP contribution in [0.25, 0.3) is 28.0 Å². The number of anilines is 3. The standard InChI is InChI=1S/C48H56FN13O6/c1-48(2,3)68-47(65)60-26-35-25-59(24-34(60)28-67-35)42-11-5-29(20-51-42)44-45-30(19-50)21-53-62(45)27-39(55-44)31-22-52-61(23-31)33-8-6-32(7-9-33)57-13-15-58(16-14-57)40-18-41(66-4)38(17-36(40)49)54-37-10-12-43(63)56-46(37)64/h5,11,17-18,20-23,27,32-35,37,54H,6-10,12-16,24-26,28H2,1-4H3,(H,56,63,64). The van der Waals surface area contributed by atoms with Gasteiger partial charge in [-0.1, -0.05) is 0 Å². The molecule has 6 fully saturated rings. The van der Waals surface area contributed by atoms with E-state index in [9.17, 15) is 19.6 Å². The number of rotatable bonds is 9. The van der Waals surface area contributed by atoms with Gasteiger partial charge in [0.15, 0.2) is 0 Å². The molecule has 5 aromatic rings. The van der Waals surface area contributed by atoms with Gasteiger partial charge in [-0.3, -0.25) is 29.4 Å². The Labute approximate surface area is 393 Å². The summed E-state index contributed by atoms with van der Waals surface area (Å²) in [5.41, 5.74) is 4.06. The Morgan fingerprint density at radius 1 is 0.926 bits per heavy atom. The Morgan fingerprint density at radius 3 is 2.44 bits per heavy atom. The molecule has 3 amide bonds. The highest BCUT2D eigenvalue weighted by Gasteiger charge is 2.40. The average molecular weight is 930 g/mol. The van der Waals surface area contributed by atoms with Crippen LogP contribution in [0.15, 0.2) is 55.2 Å². The van der Waals surface area contributed by atoms with Crippen molar-refractivity contribution in [3.63, 3.8) is 0 Å². The van der Waals surface area contributed by atoms with Crippen LogP contribution in [0, 0.1) is 17.1 Å². The van der Waals surface area contributed by atoms with E-state index in [4.69, 9.17) is 29.3 Å². The van der Waals surface area contributed by atoms with Crippen molar-refractivity contribution in [2.75, 3.05) is 74.6 Å². The zero-order chi connectivity index (χ0) is 47.3. The number of benzene rings is 1. The summed E-state index contributed by atoms with van der Waals surface area (Å²) in [5.74, 6) is 0.0487. The second kappa shape index (κ2) is 18.3. The molecule has 1 aliphatic carbocycles. The topological polar surface area (TPSA) is 201 Å². The van der Waals surface area contributed by atoms with Crippen LogP contribution in [-0.4, -0.2) is 146 Å². The number of piperazine rings is 1. The number of carbonyl (C=O) groups excluding carboxylic acids is 3. The van der Waals surface area contributed by atoms with Gasteiger partial charge in [-0.05, 0) is 65.0 Å². The molecule has 9 heterocycles. The zero-order valence-electron chi connectivity index (χ0n) is 38.7. The lowest BCUT2D eigenvalue weighted by Gasteiger charge is -2.42. The van der Waals surface area contributed by atoms with Gasteiger partial charge in [-0.25, -0.2) is 23.7 Å². The zero-order valence-corrected chi connectivity index (χ0v) is 38.7. The fourth-order valence-electron chi connectivity index (χ4n) is 10.2. The number of carbonyl (C=O) groups is 3. The van der Waals surface area contributed by atoms with Gasteiger partial charge < -0.3 is 29.3 Å². The molecule has 19 nitrogen and oxygen atoms in total. The third-order valence-electron chi connectivity index (χ3n) is 13.8. The number of hydrogen-bond donors (Lipinski definition) is 2. The van der Waals surface area contributed by atoms with E-state index >= 15 is 4.39 Å². The predicted molar refractivity (Wildman–Crippen MR) is 249 cm³/mol. The third-order valence-corrected chi connectivity index (χ3v) is 13.8. The minimum absolute atomic E-state index is 0.179. The number of aromatic nitrogens is 6. The molecule has 5 aliphatic heterocycles. The molecule has 356 valence electrons. The van der Waals surface area contributed by atoms with E-state index in [-0.39, 0.29) is 36.6 Å². The van der Waals surface area contributed by atoms with Crippen molar-refractivity contribution in [3.8, 4) is 34.3 Å². The summed E-state index contributed by atoms with van der Waals surface area (Å²) in [6.07, 6.45) is 13.0. The number of amides is 3. The fraction of sp³-hybridized carbons (Fsp3) is 0.500. The van der Waals surface area contributed by atoms with Gasteiger partial charge in [-0.15, -0.1) is 0 Å². The average Bonchev–Trinajstić information content (AvgIpc) is 3.90. The lowest BCUT2D eigenvalue weighted by Crippen LogP contribution is -2.53. The number of ether oxygens (including phenoxy) is 3. The van der Waals surface area contributed by atoms with Crippen molar-refractivity contribution >= 4 is 40.6 Å². The number of methoxy groups -OCH3 is 1. The molecule has 6 aliphatic rings. The van der Waals surface area contributed by atoms with E-state index in [0.29, 0.717) is 91.4 Å². The Kier molecular flexibility index (Phi) is 12.1. The number of nitriles is 1. The van der Waals surface area contributed by atoms with Crippen LogP contribution < -0.4 is 25.2 Å². The quantitative estimate of drug-likeness (QED) is 0.187. The van der Waals surface area contributed by atoms with Crippen LogP contribution >= 0.6 is 0 Å². The van der Waals surface area contributed by atoms with Gasteiger partial charge in [-0.2, -0.15) is 15.5 Å². The van der Waals surface area contributed by atoms with Crippen LogP contribution in [0.5, 0.6) is 5.75 Å². The highest BCUT2D eigenvalue weighted by molar-refractivity contribution is 6.01. The lowest BCUT2D eigenvalue weighted by molar-refractivity contribution is -0.133. The molecule has 4 aromatic heterocycles. The molecule has 3 unspecified atom stereocenters. The van der Waals surface area contributed by atoms with Crippen LogP contribution in [0.2, 0.25) is 0 Å². The van der Waals surface area contributed by atoms with E-state index < -0.39 is 23.4 Å². The number of hydrogen-bond acceptors (Lipinski definition) is 15. The fourth-order valence-corrected chi connectivity index (χ4v) is 10.2. The molecule has 1 aromatic carbocycles. The molecular weight excluding hydrogens is 874 g/mol. The number of piperidine rings is 1. The molecule has 1 saturated carbocycles. The molecule has 11 rings (SSSR count). The van der Waals surface area contributed by atoms with Crippen LogP contribution in [0.3, 0.4) is 0 Å². The lowest BCUT2D eigenvalue weighted by atomic mass is 9.90. The number of nitrogens with zero attached hydrogens (tertiary/aromatic N) is 11. The summed E-state index contributed by atoms with van der Waals surface area (Å²) in [6.45, 7) is 10.5. The highest BCUT2D eigenvalue weighted by Crippen LogP contribution is 2.37. The van der Waals surface area contributed by atoms with Crippen molar-refractivity contribution in [1.82, 2.24) is 44.5 Å². The number of pyridine rings is 1. The minimum Gasteiger partial charge on any atom is -0.495 e. The van der Waals surface area contributed by atoms with Crippen LogP contribution in [0.1, 0.15) is 70.9 Å². The number of fused-ring (bicyclic) bond motifs is 5. The number of nitrogens with one attached hydrogen (secondary N) is 2. The second-order valence-corrected chi connectivity index (χ2v) is 19.3. The van der Waals surface area contributed by atoms with Crippen molar-refractivity contribution < 1.29 is 33.0 Å². The molecule has 20 heteroatoms. The maximum atomic E-state index is 15.6. The molecule has 3 atom stereocenters. The van der Waals surface area contributed by atoms with Crippen LogP contribution in [-0.2, 0) is 19.1 Å². The van der Waals surface area contributed by atoms with Gasteiger partial charge in [0.1, 0.15) is 46.2 Å². The largest absolute Gasteiger partial charge is 0.495 e. The van der Waals surface area contributed by atoms with Gasteiger partial charge in [0.05, 0.1) is 79.8 Å². The number of halogens is 1. The second-order valence-electron chi connectivity index (χ2n) is 19.3. The number of morpholine rings is 1. The van der Waals surface area contributed by atoms with Crippen molar-refractivity contribution in [2.45, 2.75) is 95.2 Å². The first-order valence-electron chi connectivity index (χ1n) is 23.4. The molecule has 0 spiro atoms. The SMILES string of the molecule is COc1cc(N2CCN(C3CCC(n4cc(-c5cn6ncc(C#N)c6c(-c6ccc(N7CC8CN(C(=O)OC(C)(C)C)C(CO8)C7)nc6)n5)cn4)CC3)CC2)c(F)cc1NC1CCC(=O)NC1=O. The molecule has 2 N–H and O–H groups in total. The molecular formula is C48H56FN13O6. The normalized spacial score (nSPS) is 23.6. The van der Waals surface area contributed by atoms with Crippen LogP contribution in [0.4, 0.5) is 26.4 Å². The Hall–Kier alpha value is -6.85. The first kappa shape index (κ1) is 45.0. The summed E-state index contributed by atoms with van der Waals surface area (Å²) in [4.78, 5) is 55.5. The summed E-state index contributed by atoms with van der Waals surface area (Å²) in [7, 11) is 1.52. The molecule has 5 saturated heterocycles. The van der Waals surface area contributed by atoms with E-state index in [1.165, 1.54) is 13.2 Å². The summed E-state index contributed by atoms with van der Waals surface area (Å²) in [6, 6.07) is 9.04. The minimum atomic E-state index is -0.649. The van der Waals surface area contributed by atoms with Gasteiger partial charge >= 0.3 is 6.09 Å². The monoisotopic (exact) mass is 929 g/mol. The smallest absolute Gasteiger partial charge is 0.410 e.